The number of nitrogens with zero attached hydrogens (tertiary/aromatic N) is 1. The average molecular weight is 415 g/mol. The molecule has 26 heavy (non-hydrogen) atoms. The highest BCUT2D eigenvalue weighted by molar-refractivity contribution is 9.10. The Labute approximate surface area is 163 Å². The molecule has 0 radical (unpaired) electrons. The number of amides is 2. The second-order valence-corrected chi connectivity index (χ2v) is 7.20. The van der Waals surface area contributed by atoms with Crippen LogP contribution in [0.4, 0.5) is 5.69 Å². The summed E-state index contributed by atoms with van der Waals surface area (Å²) in [6.45, 7) is 5.95. The van der Waals surface area contributed by atoms with E-state index in [0.29, 0.717) is 0 Å². The van der Waals surface area contributed by atoms with Crippen molar-refractivity contribution in [1.82, 2.24) is 4.90 Å². The van der Waals surface area contributed by atoms with Gasteiger partial charge in [0, 0.05) is 23.3 Å². The van der Waals surface area contributed by atoms with Gasteiger partial charge in [-0.2, -0.15) is 0 Å². The Balaban J connectivity index is 1.96. The Morgan fingerprint density at radius 3 is 2.58 bits per heavy atom. The van der Waals surface area contributed by atoms with E-state index in [-0.39, 0.29) is 18.4 Å². The fourth-order valence-corrected chi connectivity index (χ4v) is 3.05. The molecule has 0 aliphatic carbocycles. The van der Waals surface area contributed by atoms with Gasteiger partial charge >= 0.3 is 0 Å². The number of hydrogen-bond donors (Lipinski definition) is 1. The molecule has 0 spiro atoms. The lowest BCUT2D eigenvalue weighted by Gasteiger charge is -2.16. The highest BCUT2D eigenvalue weighted by Crippen LogP contribution is 2.20. The summed E-state index contributed by atoms with van der Waals surface area (Å²) in [5, 5.41) is 2.86. The lowest BCUT2D eigenvalue weighted by molar-refractivity contribution is -0.129. The zero-order chi connectivity index (χ0) is 19.3. The average Bonchev–Trinajstić information content (AvgIpc) is 2.57. The summed E-state index contributed by atoms with van der Waals surface area (Å²) in [4.78, 5) is 25.9. The monoisotopic (exact) mass is 414 g/mol. The predicted octanol–water partition coefficient (Wildman–Crippen LogP) is 4.48. The lowest BCUT2D eigenvalue weighted by atomic mass is 10.1. The predicted molar refractivity (Wildman–Crippen MR) is 110 cm³/mol. The molecule has 0 unspecified atom stereocenters. The van der Waals surface area contributed by atoms with E-state index in [0.717, 1.165) is 32.4 Å². The van der Waals surface area contributed by atoms with Gasteiger partial charge in [-0.05, 0) is 61.2 Å². The Morgan fingerprint density at radius 1 is 1.15 bits per heavy atom. The molecule has 4 nitrogen and oxygen atoms in total. The third kappa shape index (κ3) is 5.30. The fourth-order valence-electron chi connectivity index (χ4n) is 2.43. The van der Waals surface area contributed by atoms with Crippen molar-refractivity contribution < 1.29 is 9.59 Å². The van der Waals surface area contributed by atoms with Crippen LogP contribution in [0.3, 0.4) is 0 Å². The first kappa shape index (κ1) is 19.9. The maximum absolute atomic E-state index is 12.2. The minimum absolute atomic E-state index is 0.00831. The number of halogens is 1. The van der Waals surface area contributed by atoms with Gasteiger partial charge in [-0.3, -0.25) is 9.59 Å². The molecule has 0 bridgehead atoms. The number of likely N-dealkylation sites (N-methyl/N-ethyl adjacent to an activating group) is 1. The summed E-state index contributed by atoms with van der Waals surface area (Å²) in [6.07, 6.45) is 3.21. The fraction of sp³-hybridized carbons (Fsp3) is 0.238. The third-order valence-corrected chi connectivity index (χ3v) is 4.88. The van der Waals surface area contributed by atoms with Gasteiger partial charge in [-0.15, -0.1) is 0 Å². The molecule has 0 fully saturated rings. The number of carbonyl (C=O) groups excluding carboxylic acids is 2. The molecule has 2 amide bonds. The summed E-state index contributed by atoms with van der Waals surface area (Å²) in [6, 6.07) is 11.7. The van der Waals surface area contributed by atoms with Gasteiger partial charge in [0.15, 0.2) is 0 Å². The minimum Gasteiger partial charge on any atom is -0.333 e. The molecule has 0 saturated carbocycles. The molecule has 0 heterocycles. The Kier molecular flexibility index (Phi) is 6.75. The molecule has 0 aliphatic rings. The maximum atomic E-state index is 12.2. The number of anilines is 1. The van der Waals surface area contributed by atoms with Crippen LogP contribution in [0.15, 0.2) is 46.9 Å². The van der Waals surface area contributed by atoms with Crippen molar-refractivity contribution in [2.24, 2.45) is 0 Å². The van der Waals surface area contributed by atoms with Crippen molar-refractivity contribution in [3.63, 3.8) is 0 Å². The normalized spacial score (nSPS) is 10.8. The number of rotatable bonds is 5. The Bertz CT molecular complexity index is 859. The van der Waals surface area contributed by atoms with Gasteiger partial charge < -0.3 is 10.2 Å². The highest BCUT2D eigenvalue weighted by atomic mass is 79.9. The molecule has 0 aliphatic heterocycles. The van der Waals surface area contributed by atoms with Crippen LogP contribution in [-0.4, -0.2) is 30.3 Å². The molecule has 1 N–H and O–H groups in total. The van der Waals surface area contributed by atoms with Gasteiger partial charge in [0.25, 0.3) is 0 Å². The standard InChI is InChI=1S/C21H23BrN2O2/c1-14-8-9-17(18(22)12-14)10-11-21(26)24(4)13-20(25)23-19-7-5-6-15(2)16(19)3/h5-12H,13H2,1-4H3,(H,23,25)/b11-10+. The summed E-state index contributed by atoms with van der Waals surface area (Å²) in [5.41, 5.74) is 4.96. The number of aryl methyl sites for hydroxylation is 2. The second kappa shape index (κ2) is 8.81. The van der Waals surface area contributed by atoms with E-state index in [4.69, 9.17) is 0 Å². The van der Waals surface area contributed by atoms with Crippen molar-refractivity contribution in [2.45, 2.75) is 20.8 Å². The molecular weight excluding hydrogens is 392 g/mol. The molecule has 0 saturated heterocycles. The van der Waals surface area contributed by atoms with Gasteiger partial charge in [0.1, 0.15) is 0 Å². The van der Waals surface area contributed by atoms with E-state index in [1.807, 2.05) is 57.2 Å². The van der Waals surface area contributed by atoms with Gasteiger partial charge in [-0.25, -0.2) is 0 Å². The first-order valence-corrected chi connectivity index (χ1v) is 9.12. The van der Waals surface area contributed by atoms with E-state index >= 15 is 0 Å². The van der Waals surface area contributed by atoms with E-state index in [1.54, 1.807) is 13.1 Å². The molecule has 2 rings (SSSR count). The van der Waals surface area contributed by atoms with Crippen molar-refractivity contribution >= 4 is 39.5 Å². The zero-order valence-electron chi connectivity index (χ0n) is 15.5. The summed E-state index contributed by atoms with van der Waals surface area (Å²) in [5.74, 6) is -0.451. The quantitative estimate of drug-likeness (QED) is 0.732. The van der Waals surface area contributed by atoms with Crippen molar-refractivity contribution in [1.29, 1.82) is 0 Å². The van der Waals surface area contributed by atoms with Crippen LogP contribution < -0.4 is 5.32 Å². The minimum atomic E-state index is -0.228. The van der Waals surface area contributed by atoms with E-state index in [2.05, 4.69) is 21.2 Å². The van der Waals surface area contributed by atoms with E-state index in [1.165, 1.54) is 11.0 Å². The van der Waals surface area contributed by atoms with Gasteiger partial charge in [0.2, 0.25) is 11.8 Å². The number of nitrogens with one attached hydrogen (secondary N) is 1. The SMILES string of the molecule is Cc1ccc(/C=C/C(=O)N(C)CC(=O)Nc2cccc(C)c2C)c(Br)c1. The van der Waals surface area contributed by atoms with Crippen LogP contribution in [-0.2, 0) is 9.59 Å². The number of benzene rings is 2. The van der Waals surface area contributed by atoms with Crippen molar-refractivity contribution in [2.75, 3.05) is 18.9 Å². The Hall–Kier alpha value is -2.40. The second-order valence-electron chi connectivity index (χ2n) is 6.35. The molecule has 5 heteroatoms. The first-order chi connectivity index (χ1) is 12.3. The first-order valence-electron chi connectivity index (χ1n) is 8.33. The van der Waals surface area contributed by atoms with Crippen LogP contribution in [0.1, 0.15) is 22.3 Å². The van der Waals surface area contributed by atoms with Gasteiger partial charge in [0.05, 0.1) is 6.54 Å². The Morgan fingerprint density at radius 2 is 1.88 bits per heavy atom. The zero-order valence-corrected chi connectivity index (χ0v) is 17.1. The molecule has 0 atom stereocenters. The van der Waals surface area contributed by atoms with E-state index in [9.17, 15) is 9.59 Å². The molecule has 136 valence electrons. The molecular formula is C21H23BrN2O2. The molecule has 0 aromatic heterocycles. The smallest absolute Gasteiger partial charge is 0.246 e. The van der Waals surface area contributed by atoms with Crippen LogP contribution in [0.25, 0.3) is 6.08 Å². The maximum Gasteiger partial charge on any atom is 0.246 e. The van der Waals surface area contributed by atoms with Gasteiger partial charge in [-0.1, -0.05) is 40.2 Å². The summed E-state index contributed by atoms with van der Waals surface area (Å²) < 4.78 is 0.928. The lowest BCUT2D eigenvalue weighted by Crippen LogP contribution is -2.34. The highest BCUT2D eigenvalue weighted by Gasteiger charge is 2.12. The molecule has 2 aromatic carbocycles. The third-order valence-electron chi connectivity index (χ3n) is 4.20. The van der Waals surface area contributed by atoms with Crippen LogP contribution in [0.5, 0.6) is 0 Å². The largest absolute Gasteiger partial charge is 0.333 e. The number of carbonyl (C=O) groups is 2. The van der Waals surface area contributed by atoms with Crippen LogP contribution in [0.2, 0.25) is 0 Å². The topological polar surface area (TPSA) is 49.4 Å². The number of hydrogen-bond acceptors (Lipinski definition) is 2. The van der Waals surface area contributed by atoms with Crippen LogP contribution in [0, 0.1) is 20.8 Å². The van der Waals surface area contributed by atoms with Crippen molar-refractivity contribution in [3.8, 4) is 0 Å². The molecule has 2 aromatic rings. The summed E-state index contributed by atoms with van der Waals surface area (Å²) in [7, 11) is 1.61. The van der Waals surface area contributed by atoms with Crippen molar-refractivity contribution in [3.05, 3.63) is 69.2 Å². The summed E-state index contributed by atoms with van der Waals surface area (Å²) >= 11 is 3.48. The van der Waals surface area contributed by atoms with Crippen LogP contribution >= 0.6 is 15.9 Å². The van der Waals surface area contributed by atoms with E-state index < -0.39 is 0 Å².